The molecular weight excluding hydrogens is 310 g/mol. The van der Waals surface area contributed by atoms with E-state index in [1.807, 2.05) is 13.8 Å². The van der Waals surface area contributed by atoms with E-state index < -0.39 is 0 Å². The van der Waals surface area contributed by atoms with Crippen molar-refractivity contribution in [2.45, 2.75) is 38.8 Å². The van der Waals surface area contributed by atoms with Gasteiger partial charge in [-0.25, -0.2) is 4.79 Å². The average molecular weight is 335 g/mol. The summed E-state index contributed by atoms with van der Waals surface area (Å²) >= 11 is 0. The third-order valence-electron chi connectivity index (χ3n) is 4.13. The highest BCUT2D eigenvalue weighted by atomic mass is 16.5. The van der Waals surface area contributed by atoms with Gasteiger partial charge in [0.1, 0.15) is 0 Å². The molecule has 1 aliphatic rings. The van der Waals surface area contributed by atoms with E-state index in [-0.39, 0.29) is 30.4 Å². The van der Waals surface area contributed by atoms with E-state index in [9.17, 15) is 9.59 Å². The molecule has 7 nitrogen and oxygen atoms in total. The van der Waals surface area contributed by atoms with Crippen molar-refractivity contribution in [2.75, 3.05) is 25.7 Å². The maximum Gasteiger partial charge on any atom is 0.315 e. The highest BCUT2D eigenvalue weighted by Crippen LogP contribution is 2.33. The van der Waals surface area contributed by atoms with Crippen LogP contribution >= 0.6 is 0 Å². The first-order valence-corrected chi connectivity index (χ1v) is 8.07. The predicted octanol–water partition coefficient (Wildman–Crippen LogP) is 1.91. The number of carbonyl (C=O) groups is 2. The number of ether oxygens (including phenoxy) is 2. The minimum absolute atomic E-state index is 0.0314. The minimum Gasteiger partial charge on any atom is -0.493 e. The predicted molar refractivity (Wildman–Crippen MR) is 91.7 cm³/mol. The number of urea groups is 1. The third kappa shape index (κ3) is 4.10. The fourth-order valence-electron chi connectivity index (χ4n) is 2.60. The molecule has 24 heavy (non-hydrogen) atoms. The van der Waals surface area contributed by atoms with E-state index in [0.717, 1.165) is 12.1 Å². The van der Waals surface area contributed by atoms with Crippen LogP contribution in [-0.2, 0) is 4.79 Å². The van der Waals surface area contributed by atoms with Crippen LogP contribution in [0.2, 0.25) is 0 Å². The van der Waals surface area contributed by atoms with Crippen LogP contribution in [0.5, 0.6) is 11.5 Å². The van der Waals surface area contributed by atoms with Crippen molar-refractivity contribution in [1.82, 2.24) is 10.6 Å². The van der Waals surface area contributed by atoms with Gasteiger partial charge >= 0.3 is 6.03 Å². The lowest BCUT2D eigenvalue weighted by Gasteiger charge is -2.19. The number of amides is 3. The van der Waals surface area contributed by atoms with Crippen molar-refractivity contribution in [3.63, 3.8) is 0 Å². The standard InChI is InChI=1S/C17H25N3O4/c1-5-11(2)18-17(22)19-12-8-16(21)20(10-12)13-6-7-14(23-3)15(9-13)24-4/h6-7,9,11-12H,5,8,10H2,1-4H3,(H2,18,19,22). The summed E-state index contributed by atoms with van der Waals surface area (Å²) in [6, 6.07) is 4.98. The van der Waals surface area contributed by atoms with Gasteiger partial charge in [0, 0.05) is 30.8 Å². The first-order chi connectivity index (χ1) is 11.5. The van der Waals surface area contributed by atoms with Crippen molar-refractivity contribution in [2.24, 2.45) is 0 Å². The number of nitrogens with zero attached hydrogens (tertiary/aromatic N) is 1. The highest BCUT2D eigenvalue weighted by molar-refractivity contribution is 5.97. The second-order valence-corrected chi connectivity index (χ2v) is 5.87. The number of methoxy groups -OCH3 is 2. The maximum atomic E-state index is 12.3. The van der Waals surface area contributed by atoms with Crippen molar-refractivity contribution in [3.05, 3.63) is 18.2 Å². The molecular formula is C17H25N3O4. The second-order valence-electron chi connectivity index (χ2n) is 5.87. The zero-order valence-corrected chi connectivity index (χ0v) is 14.6. The lowest BCUT2D eigenvalue weighted by molar-refractivity contribution is -0.117. The van der Waals surface area contributed by atoms with E-state index in [4.69, 9.17) is 9.47 Å². The molecule has 3 amide bonds. The molecule has 1 fully saturated rings. The Morgan fingerprint density at radius 1 is 1.33 bits per heavy atom. The van der Waals surface area contributed by atoms with Gasteiger partial charge in [-0.1, -0.05) is 6.92 Å². The Morgan fingerprint density at radius 3 is 2.67 bits per heavy atom. The van der Waals surface area contributed by atoms with Crippen molar-refractivity contribution in [3.8, 4) is 11.5 Å². The number of rotatable bonds is 6. The molecule has 0 aliphatic carbocycles. The fourth-order valence-corrected chi connectivity index (χ4v) is 2.60. The minimum atomic E-state index is -0.240. The lowest BCUT2D eigenvalue weighted by Crippen LogP contribution is -2.46. The molecule has 2 atom stereocenters. The van der Waals surface area contributed by atoms with Gasteiger partial charge in [-0.2, -0.15) is 0 Å². The van der Waals surface area contributed by atoms with E-state index in [1.54, 1.807) is 37.3 Å². The largest absolute Gasteiger partial charge is 0.493 e. The molecule has 2 unspecified atom stereocenters. The molecule has 132 valence electrons. The van der Waals surface area contributed by atoms with Crippen molar-refractivity contribution in [1.29, 1.82) is 0 Å². The summed E-state index contributed by atoms with van der Waals surface area (Å²) in [6.07, 6.45) is 1.14. The van der Waals surface area contributed by atoms with Gasteiger partial charge < -0.3 is 25.0 Å². The molecule has 1 saturated heterocycles. The molecule has 2 rings (SSSR count). The second kappa shape index (κ2) is 7.90. The van der Waals surface area contributed by atoms with Crippen LogP contribution in [0.15, 0.2) is 18.2 Å². The first-order valence-electron chi connectivity index (χ1n) is 8.07. The summed E-state index contributed by atoms with van der Waals surface area (Å²) in [7, 11) is 3.12. The molecule has 0 aromatic heterocycles. The summed E-state index contributed by atoms with van der Waals surface area (Å²) in [4.78, 5) is 25.8. The highest BCUT2D eigenvalue weighted by Gasteiger charge is 2.32. The summed E-state index contributed by atoms with van der Waals surface area (Å²) in [5, 5.41) is 5.70. The van der Waals surface area contributed by atoms with Gasteiger partial charge in [-0.15, -0.1) is 0 Å². The average Bonchev–Trinajstić information content (AvgIpc) is 2.93. The Balaban J connectivity index is 2.03. The molecule has 0 saturated carbocycles. The molecule has 7 heteroatoms. The number of benzene rings is 1. The number of hydrogen-bond donors (Lipinski definition) is 2. The van der Waals surface area contributed by atoms with E-state index >= 15 is 0 Å². The molecule has 0 radical (unpaired) electrons. The van der Waals surface area contributed by atoms with Crippen LogP contribution in [0, 0.1) is 0 Å². The Labute approximate surface area is 142 Å². The summed E-state index contributed by atoms with van der Waals surface area (Å²) in [6.45, 7) is 4.38. The van der Waals surface area contributed by atoms with Crippen LogP contribution in [0.3, 0.4) is 0 Å². The molecule has 1 aromatic rings. The third-order valence-corrected chi connectivity index (χ3v) is 4.13. The molecule has 2 N–H and O–H groups in total. The number of carbonyl (C=O) groups excluding carboxylic acids is 2. The van der Waals surface area contributed by atoms with Crippen LogP contribution in [0.4, 0.5) is 10.5 Å². The van der Waals surface area contributed by atoms with E-state index in [2.05, 4.69) is 10.6 Å². The van der Waals surface area contributed by atoms with Gasteiger partial charge in [0.15, 0.2) is 11.5 Å². The van der Waals surface area contributed by atoms with Crippen LogP contribution in [0.25, 0.3) is 0 Å². The maximum absolute atomic E-state index is 12.3. The number of hydrogen-bond acceptors (Lipinski definition) is 4. The summed E-state index contributed by atoms with van der Waals surface area (Å²) in [5.41, 5.74) is 0.726. The normalized spacial score (nSPS) is 18.2. The van der Waals surface area contributed by atoms with Gasteiger partial charge in [0.25, 0.3) is 0 Å². The SMILES string of the molecule is CCC(C)NC(=O)NC1CC(=O)N(c2ccc(OC)c(OC)c2)C1. The quantitative estimate of drug-likeness (QED) is 0.832. The topological polar surface area (TPSA) is 79.9 Å². The van der Waals surface area contributed by atoms with E-state index in [1.165, 1.54) is 0 Å². The molecule has 1 aliphatic heterocycles. The summed E-state index contributed by atoms with van der Waals surface area (Å²) in [5.74, 6) is 1.14. The monoisotopic (exact) mass is 335 g/mol. The lowest BCUT2D eigenvalue weighted by atomic mass is 10.2. The number of nitrogens with one attached hydrogen (secondary N) is 2. The molecule has 0 spiro atoms. The summed E-state index contributed by atoms with van der Waals surface area (Å²) < 4.78 is 10.5. The van der Waals surface area contributed by atoms with E-state index in [0.29, 0.717) is 18.0 Å². The zero-order valence-electron chi connectivity index (χ0n) is 14.6. The van der Waals surface area contributed by atoms with Gasteiger partial charge in [-0.05, 0) is 25.5 Å². The first kappa shape index (κ1) is 17.9. The fraction of sp³-hybridized carbons (Fsp3) is 0.529. The van der Waals surface area contributed by atoms with Crippen molar-refractivity contribution >= 4 is 17.6 Å². The Hall–Kier alpha value is -2.44. The van der Waals surface area contributed by atoms with Crippen LogP contribution in [-0.4, -0.2) is 44.8 Å². The smallest absolute Gasteiger partial charge is 0.315 e. The Bertz CT molecular complexity index is 605. The van der Waals surface area contributed by atoms with Gasteiger partial charge in [-0.3, -0.25) is 4.79 Å². The zero-order chi connectivity index (χ0) is 17.7. The Kier molecular flexibility index (Phi) is 5.89. The number of anilines is 1. The van der Waals surface area contributed by atoms with Crippen LogP contribution in [0.1, 0.15) is 26.7 Å². The van der Waals surface area contributed by atoms with Gasteiger partial charge in [0.2, 0.25) is 5.91 Å². The molecule has 1 aromatic carbocycles. The molecule has 1 heterocycles. The Morgan fingerprint density at radius 2 is 2.04 bits per heavy atom. The van der Waals surface area contributed by atoms with Gasteiger partial charge in [0.05, 0.1) is 20.3 Å². The van der Waals surface area contributed by atoms with Crippen molar-refractivity contribution < 1.29 is 19.1 Å². The van der Waals surface area contributed by atoms with Crippen LogP contribution < -0.4 is 25.0 Å². The molecule has 0 bridgehead atoms.